The van der Waals surface area contributed by atoms with Gasteiger partial charge in [-0.3, -0.25) is 4.90 Å². The number of hydrogen-bond acceptors (Lipinski definition) is 3. The lowest BCUT2D eigenvalue weighted by Gasteiger charge is -2.34. The van der Waals surface area contributed by atoms with E-state index in [2.05, 4.69) is 46.1 Å². The molecule has 0 spiro atoms. The maximum atomic E-state index is 3.66. The summed E-state index contributed by atoms with van der Waals surface area (Å²) >= 11 is 5.59. The summed E-state index contributed by atoms with van der Waals surface area (Å²) in [6.45, 7) is 9.11. The fourth-order valence-electron chi connectivity index (χ4n) is 2.54. The van der Waals surface area contributed by atoms with Gasteiger partial charge >= 0.3 is 0 Å². The first-order chi connectivity index (χ1) is 8.72. The van der Waals surface area contributed by atoms with Gasteiger partial charge in [0, 0.05) is 37.1 Å². The number of unbranched alkanes of at least 4 members (excludes halogenated alkanes) is 1. The van der Waals surface area contributed by atoms with Crippen LogP contribution in [0.25, 0.3) is 0 Å². The summed E-state index contributed by atoms with van der Waals surface area (Å²) in [7, 11) is 0. The zero-order valence-corrected chi connectivity index (χ0v) is 13.7. The van der Waals surface area contributed by atoms with Crippen LogP contribution >= 0.6 is 27.3 Å². The molecule has 1 N–H and O–H groups in total. The van der Waals surface area contributed by atoms with Crippen LogP contribution in [0.1, 0.15) is 42.7 Å². The smallest absolute Gasteiger partial charge is 0.0731 e. The third-order valence-corrected chi connectivity index (χ3v) is 5.87. The Kier molecular flexibility index (Phi) is 5.67. The molecule has 1 aromatic rings. The Morgan fingerprint density at radius 3 is 2.72 bits per heavy atom. The first-order valence-corrected chi connectivity index (χ1v) is 8.54. The number of hydrogen-bond donors (Lipinski definition) is 1. The fraction of sp³-hybridized carbons (Fsp3) is 0.714. The first-order valence-electron chi connectivity index (χ1n) is 6.93. The summed E-state index contributed by atoms with van der Waals surface area (Å²) in [5, 5.41) is 3.45. The van der Waals surface area contributed by atoms with E-state index in [1.807, 2.05) is 11.3 Å². The summed E-state index contributed by atoms with van der Waals surface area (Å²) in [5.41, 5.74) is 1.38. The molecule has 1 aliphatic heterocycles. The predicted molar refractivity (Wildman–Crippen MR) is 83.5 cm³/mol. The Balaban J connectivity index is 2.12. The standard InChI is InChI=1S/C14H23BrN2S/c1-3-4-5-12(17-8-6-16-7-9-17)13-10-11(2)14(15)18-13/h10,12,16H,3-9H2,1-2H3/t12-/m0/s1. The van der Waals surface area contributed by atoms with E-state index in [4.69, 9.17) is 0 Å². The molecule has 0 saturated carbocycles. The molecule has 2 nitrogen and oxygen atoms in total. The highest BCUT2D eigenvalue weighted by atomic mass is 79.9. The van der Waals surface area contributed by atoms with Crippen LogP contribution < -0.4 is 5.32 Å². The molecular weight excluding hydrogens is 308 g/mol. The highest BCUT2D eigenvalue weighted by Crippen LogP contribution is 2.36. The van der Waals surface area contributed by atoms with Gasteiger partial charge in [-0.1, -0.05) is 19.8 Å². The molecule has 4 heteroatoms. The number of halogens is 1. The van der Waals surface area contributed by atoms with Gasteiger partial charge in [0.25, 0.3) is 0 Å². The molecule has 1 atom stereocenters. The molecule has 0 radical (unpaired) electrons. The summed E-state index contributed by atoms with van der Waals surface area (Å²) in [6.07, 6.45) is 3.90. The molecular formula is C14H23BrN2S. The van der Waals surface area contributed by atoms with E-state index in [1.165, 1.54) is 46.6 Å². The average Bonchev–Trinajstić information content (AvgIpc) is 2.71. The molecule has 1 fully saturated rings. The van der Waals surface area contributed by atoms with Crippen molar-refractivity contribution in [3.8, 4) is 0 Å². The van der Waals surface area contributed by atoms with Crippen molar-refractivity contribution in [1.29, 1.82) is 0 Å². The van der Waals surface area contributed by atoms with Crippen molar-refractivity contribution in [3.63, 3.8) is 0 Å². The Morgan fingerprint density at radius 2 is 2.17 bits per heavy atom. The van der Waals surface area contributed by atoms with Gasteiger partial charge in [-0.25, -0.2) is 0 Å². The molecule has 0 aliphatic carbocycles. The van der Waals surface area contributed by atoms with Crippen LogP contribution in [-0.4, -0.2) is 31.1 Å². The molecule has 18 heavy (non-hydrogen) atoms. The highest BCUT2D eigenvalue weighted by molar-refractivity contribution is 9.11. The van der Waals surface area contributed by atoms with Gasteiger partial charge in [0.05, 0.1) is 3.79 Å². The van der Waals surface area contributed by atoms with Gasteiger partial charge in [-0.15, -0.1) is 11.3 Å². The molecule has 0 bridgehead atoms. The number of nitrogens with zero attached hydrogens (tertiary/aromatic N) is 1. The molecule has 1 aliphatic rings. The van der Waals surface area contributed by atoms with E-state index < -0.39 is 0 Å². The van der Waals surface area contributed by atoms with Crippen LogP contribution in [-0.2, 0) is 0 Å². The van der Waals surface area contributed by atoms with Crippen molar-refractivity contribution in [2.24, 2.45) is 0 Å². The van der Waals surface area contributed by atoms with Gasteiger partial charge in [0.2, 0.25) is 0 Å². The minimum Gasteiger partial charge on any atom is -0.314 e. The summed E-state index contributed by atoms with van der Waals surface area (Å²) < 4.78 is 1.30. The minimum absolute atomic E-state index is 0.627. The Morgan fingerprint density at radius 1 is 1.44 bits per heavy atom. The van der Waals surface area contributed by atoms with Crippen LogP contribution in [0.5, 0.6) is 0 Å². The van der Waals surface area contributed by atoms with Gasteiger partial charge in [-0.05, 0) is 40.9 Å². The number of piperazine rings is 1. The third-order valence-electron chi connectivity index (χ3n) is 3.63. The van der Waals surface area contributed by atoms with Gasteiger partial charge in [0.15, 0.2) is 0 Å². The summed E-state index contributed by atoms with van der Waals surface area (Å²) in [6, 6.07) is 3.00. The highest BCUT2D eigenvalue weighted by Gasteiger charge is 2.23. The summed E-state index contributed by atoms with van der Waals surface area (Å²) in [4.78, 5) is 4.19. The van der Waals surface area contributed by atoms with Crippen molar-refractivity contribution in [1.82, 2.24) is 10.2 Å². The van der Waals surface area contributed by atoms with E-state index in [0.717, 1.165) is 13.1 Å². The van der Waals surface area contributed by atoms with E-state index in [0.29, 0.717) is 6.04 Å². The van der Waals surface area contributed by atoms with E-state index in [9.17, 15) is 0 Å². The van der Waals surface area contributed by atoms with Crippen molar-refractivity contribution in [2.75, 3.05) is 26.2 Å². The first kappa shape index (κ1) is 14.5. The fourth-order valence-corrected chi connectivity index (χ4v) is 4.28. The second kappa shape index (κ2) is 7.04. The monoisotopic (exact) mass is 330 g/mol. The normalized spacial score (nSPS) is 19.1. The van der Waals surface area contributed by atoms with Gasteiger partial charge in [-0.2, -0.15) is 0 Å². The van der Waals surface area contributed by atoms with E-state index >= 15 is 0 Å². The van der Waals surface area contributed by atoms with E-state index in [1.54, 1.807) is 0 Å². The van der Waals surface area contributed by atoms with Crippen molar-refractivity contribution in [2.45, 2.75) is 39.2 Å². The van der Waals surface area contributed by atoms with Crippen molar-refractivity contribution >= 4 is 27.3 Å². The average molecular weight is 331 g/mol. The Labute approximate surface area is 123 Å². The molecule has 1 saturated heterocycles. The van der Waals surface area contributed by atoms with E-state index in [-0.39, 0.29) is 0 Å². The quantitative estimate of drug-likeness (QED) is 0.879. The molecule has 0 unspecified atom stereocenters. The van der Waals surface area contributed by atoms with Gasteiger partial charge in [0.1, 0.15) is 0 Å². The minimum atomic E-state index is 0.627. The number of thiophene rings is 1. The van der Waals surface area contributed by atoms with Crippen molar-refractivity contribution in [3.05, 3.63) is 20.3 Å². The lowest BCUT2D eigenvalue weighted by atomic mass is 10.1. The molecule has 0 amide bonds. The Bertz CT molecular complexity index is 352. The molecule has 1 aromatic heterocycles. The number of aryl methyl sites for hydroxylation is 1. The second-order valence-electron chi connectivity index (χ2n) is 5.05. The second-order valence-corrected chi connectivity index (χ2v) is 7.45. The molecule has 2 heterocycles. The van der Waals surface area contributed by atoms with Crippen LogP contribution in [0, 0.1) is 6.92 Å². The zero-order chi connectivity index (χ0) is 13.0. The number of nitrogens with one attached hydrogen (secondary N) is 1. The SMILES string of the molecule is CCCC[C@@H](c1cc(C)c(Br)s1)N1CCNCC1. The van der Waals surface area contributed by atoms with Crippen LogP contribution in [0.2, 0.25) is 0 Å². The Hall–Kier alpha value is 0.1000. The lowest BCUT2D eigenvalue weighted by Crippen LogP contribution is -2.45. The van der Waals surface area contributed by atoms with Crippen LogP contribution in [0.3, 0.4) is 0 Å². The summed E-state index contributed by atoms with van der Waals surface area (Å²) in [5.74, 6) is 0. The van der Waals surface area contributed by atoms with Crippen molar-refractivity contribution < 1.29 is 0 Å². The lowest BCUT2D eigenvalue weighted by molar-refractivity contribution is 0.165. The van der Waals surface area contributed by atoms with Gasteiger partial charge < -0.3 is 5.32 Å². The topological polar surface area (TPSA) is 15.3 Å². The molecule has 102 valence electrons. The van der Waals surface area contributed by atoms with Crippen LogP contribution in [0.15, 0.2) is 9.85 Å². The third kappa shape index (κ3) is 3.56. The molecule has 2 rings (SSSR count). The number of rotatable bonds is 5. The maximum Gasteiger partial charge on any atom is 0.0731 e. The predicted octanol–water partition coefficient (Wildman–Crippen LogP) is 3.96. The van der Waals surface area contributed by atoms with Crippen LogP contribution in [0.4, 0.5) is 0 Å². The zero-order valence-electron chi connectivity index (χ0n) is 11.3. The largest absolute Gasteiger partial charge is 0.314 e. The molecule has 0 aromatic carbocycles. The maximum absolute atomic E-state index is 3.66.